The predicted octanol–water partition coefficient (Wildman–Crippen LogP) is 4.01. The van der Waals surface area contributed by atoms with Crippen molar-refractivity contribution < 1.29 is 13.9 Å². The zero-order valence-corrected chi connectivity index (χ0v) is 15.8. The van der Waals surface area contributed by atoms with E-state index in [1.807, 2.05) is 36.9 Å². The minimum atomic E-state index is -0.316. The first kappa shape index (κ1) is 18.9. The summed E-state index contributed by atoms with van der Waals surface area (Å²) >= 11 is 0. The largest absolute Gasteiger partial charge is 0.383 e. The summed E-state index contributed by atoms with van der Waals surface area (Å²) in [7, 11) is 1.63. The second-order valence-electron chi connectivity index (χ2n) is 6.39. The van der Waals surface area contributed by atoms with Crippen molar-refractivity contribution in [2.45, 2.75) is 13.8 Å². The molecular formula is C21H24FN3O2. The molecule has 142 valence electrons. The van der Waals surface area contributed by atoms with Crippen molar-refractivity contribution >= 4 is 28.5 Å². The van der Waals surface area contributed by atoms with E-state index in [0.29, 0.717) is 36.6 Å². The molecule has 0 spiro atoms. The number of fused-ring (bicyclic) bond motifs is 1. The van der Waals surface area contributed by atoms with E-state index in [9.17, 15) is 9.18 Å². The fourth-order valence-electron chi connectivity index (χ4n) is 3.23. The first-order valence-corrected chi connectivity index (χ1v) is 8.96. The van der Waals surface area contributed by atoms with Gasteiger partial charge in [-0.15, -0.1) is 0 Å². The van der Waals surface area contributed by atoms with Crippen molar-refractivity contribution in [3.05, 3.63) is 59.5 Å². The van der Waals surface area contributed by atoms with Gasteiger partial charge >= 0.3 is 0 Å². The van der Waals surface area contributed by atoms with Crippen LogP contribution in [0.4, 0.5) is 21.5 Å². The normalized spacial score (nSPS) is 14.2. The Morgan fingerprint density at radius 3 is 2.81 bits per heavy atom. The highest BCUT2D eigenvalue weighted by molar-refractivity contribution is 6.32. The van der Waals surface area contributed by atoms with Gasteiger partial charge in [0, 0.05) is 43.3 Å². The Hall–Kier alpha value is -2.86. The molecule has 2 aromatic carbocycles. The van der Waals surface area contributed by atoms with Crippen LogP contribution < -0.4 is 15.5 Å². The number of nitrogens with one attached hydrogen (secondary N) is 2. The van der Waals surface area contributed by atoms with Crippen LogP contribution in [0.2, 0.25) is 0 Å². The molecule has 1 amide bonds. The maximum atomic E-state index is 14.6. The summed E-state index contributed by atoms with van der Waals surface area (Å²) in [5, 5.41) is 5.89. The highest BCUT2D eigenvalue weighted by atomic mass is 19.1. The number of methoxy groups -OCH3 is 1. The number of hydrogen-bond donors (Lipinski definition) is 2. The zero-order valence-electron chi connectivity index (χ0n) is 15.8. The van der Waals surface area contributed by atoms with Gasteiger partial charge in [0.15, 0.2) is 0 Å². The van der Waals surface area contributed by atoms with E-state index in [1.165, 1.54) is 6.07 Å². The molecule has 0 radical (unpaired) electrons. The minimum Gasteiger partial charge on any atom is -0.383 e. The molecule has 0 fully saturated rings. The lowest BCUT2D eigenvalue weighted by Gasteiger charge is -2.23. The van der Waals surface area contributed by atoms with Crippen LogP contribution in [-0.4, -0.2) is 32.7 Å². The monoisotopic (exact) mass is 369 g/mol. The van der Waals surface area contributed by atoms with E-state index in [1.54, 1.807) is 25.4 Å². The predicted molar refractivity (Wildman–Crippen MR) is 108 cm³/mol. The van der Waals surface area contributed by atoms with Crippen LogP contribution in [-0.2, 0) is 9.53 Å². The SMILES string of the molecule is CCN(CCOC)c1ccc(N/C=C2/C(=O)Nc3cccc(C)c32)cc1F. The summed E-state index contributed by atoms with van der Waals surface area (Å²) in [6.07, 6.45) is 1.63. The van der Waals surface area contributed by atoms with Crippen molar-refractivity contribution in [3.63, 3.8) is 0 Å². The van der Waals surface area contributed by atoms with Crippen molar-refractivity contribution in [1.29, 1.82) is 0 Å². The fraction of sp³-hybridized carbons (Fsp3) is 0.286. The van der Waals surface area contributed by atoms with E-state index >= 15 is 0 Å². The van der Waals surface area contributed by atoms with Gasteiger partial charge in [-0.1, -0.05) is 12.1 Å². The number of ether oxygens (including phenoxy) is 1. The molecule has 1 heterocycles. The fourth-order valence-corrected chi connectivity index (χ4v) is 3.23. The number of nitrogens with zero attached hydrogens (tertiary/aromatic N) is 1. The average Bonchev–Trinajstić information content (AvgIpc) is 2.98. The first-order valence-electron chi connectivity index (χ1n) is 8.96. The number of likely N-dealkylation sites (N-methyl/N-ethyl adjacent to an activating group) is 1. The molecule has 1 aliphatic heterocycles. The molecule has 27 heavy (non-hydrogen) atoms. The Kier molecular flexibility index (Phi) is 5.76. The van der Waals surface area contributed by atoms with Gasteiger partial charge < -0.3 is 20.3 Å². The zero-order chi connectivity index (χ0) is 19.4. The van der Waals surface area contributed by atoms with Crippen LogP contribution >= 0.6 is 0 Å². The molecule has 5 nitrogen and oxygen atoms in total. The maximum absolute atomic E-state index is 14.6. The summed E-state index contributed by atoms with van der Waals surface area (Å²) in [6.45, 7) is 5.78. The van der Waals surface area contributed by atoms with Gasteiger partial charge in [-0.2, -0.15) is 0 Å². The molecule has 2 N–H and O–H groups in total. The van der Waals surface area contributed by atoms with Gasteiger partial charge in [0.2, 0.25) is 0 Å². The van der Waals surface area contributed by atoms with Crippen molar-refractivity contribution in [2.24, 2.45) is 0 Å². The van der Waals surface area contributed by atoms with Gasteiger partial charge in [0.1, 0.15) is 5.82 Å². The summed E-state index contributed by atoms with van der Waals surface area (Å²) in [5.74, 6) is -0.482. The second kappa shape index (κ2) is 8.22. The third-order valence-electron chi connectivity index (χ3n) is 4.65. The van der Waals surface area contributed by atoms with Crippen molar-refractivity contribution in [2.75, 3.05) is 42.3 Å². The quantitative estimate of drug-likeness (QED) is 0.724. The standard InChI is InChI=1S/C21H24FN3O2/c1-4-25(10-11-27-3)19-9-8-15(12-17(19)22)23-13-16-20-14(2)6-5-7-18(20)24-21(16)26/h5-9,12-13,23H,4,10-11H2,1-3H3,(H,24,26)/b16-13+. The maximum Gasteiger partial charge on any atom is 0.257 e. The van der Waals surface area contributed by atoms with Crippen LogP contribution in [0.1, 0.15) is 18.1 Å². The lowest BCUT2D eigenvalue weighted by atomic mass is 10.0. The van der Waals surface area contributed by atoms with E-state index in [4.69, 9.17) is 4.74 Å². The van der Waals surface area contributed by atoms with Crippen molar-refractivity contribution in [3.8, 4) is 0 Å². The topological polar surface area (TPSA) is 53.6 Å². The molecular weight excluding hydrogens is 345 g/mol. The third kappa shape index (κ3) is 3.95. The molecule has 0 aromatic heterocycles. The molecule has 3 rings (SSSR count). The number of aryl methyl sites for hydroxylation is 1. The van der Waals surface area contributed by atoms with Gasteiger partial charge in [0.05, 0.1) is 17.9 Å². The Morgan fingerprint density at radius 2 is 2.11 bits per heavy atom. The van der Waals surface area contributed by atoms with Crippen molar-refractivity contribution in [1.82, 2.24) is 0 Å². The lowest BCUT2D eigenvalue weighted by Crippen LogP contribution is -2.27. The smallest absolute Gasteiger partial charge is 0.257 e. The second-order valence-corrected chi connectivity index (χ2v) is 6.39. The van der Waals surface area contributed by atoms with E-state index in [2.05, 4.69) is 10.6 Å². The number of anilines is 3. The van der Waals surface area contributed by atoms with Gasteiger partial charge in [-0.3, -0.25) is 4.79 Å². The summed E-state index contributed by atoms with van der Waals surface area (Å²) in [6, 6.07) is 10.7. The number of carbonyl (C=O) groups excluding carboxylic acids is 1. The van der Waals surface area contributed by atoms with Gasteiger partial charge in [-0.25, -0.2) is 4.39 Å². The van der Waals surface area contributed by atoms with Crippen LogP contribution in [0.5, 0.6) is 0 Å². The summed E-state index contributed by atoms with van der Waals surface area (Å²) < 4.78 is 19.7. The Labute approximate surface area is 158 Å². The molecule has 6 heteroatoms. The summed E-state index contributed by atoms with van der Waals surface area (Å²) in [4.78, 5) is 14.2. The van der Waals surface area contributed by atoms with E-state index in [0.717, 1.165) is 16.8 Å². The van der Waals surface area contributed by atoms with Crippen LogP contribution in [0, 0.1) is 12.7 Å². The number of hydrogen-bond acceptors (Lipinski definition) is 4. The molecule has 0 aliphatic carbocycles. The lowest BCUT2D eigenvalue weighted by molar-refractivity contribution is -0.110. The Morgan fingerprint density at radius 1 is 1.30 bits per heavy atom. The molecule has 0 bridgehead atoms. The first-order chi connectivity index (χ1) is 13.0. The number of benzene rings is 2. The molecule has 0 saturated carbocycles. The molecule has 1 aliphatic rings. The van der Waals surface area contributed by atoms with Crippen LogP contribution in [0.15, 0.2) is 42.6 Å². The number of amides is 1. The number of halogens is 1. The van der Waals surface area contributed by atoms with E-state index < -0.39 is 0 Å². The molecule has 0 atom stereocenters. The highest BCUT2D eigenvalue weighted by Crippen LogP contribution is 2.34. The highest BCUT2D eigenvalue weighted by Gasteiger charge is 2.25. The van der Waals surface area contributed by atoms with E-state index in [-0.39, 0.29) is 11.7 Å². The number of rotatable bonds is 7. The molecule has 2 aromatic rings. The third-order valence-corrected chi connectivity index (χ3v) is 4.65. The van der Waals surface area contributed by atoms with Gasteiger partial charge in [0.25, 0.3) is 5.91 Å². The Bertz CT molecular complexity index is 880. The molecule has 0 saturated heterocycles. The molecule has 0 unspecified atom stereocenters. The summed E-state index contributed by atoms with van der Waals surface area (Å²) in [5.41, 5.74) is 4.35. The van der Waals surface area contributed by atoms with Gasteiger partial charge in [-0.05, 0) is 43.7 Å². The average molecular weight is 369 g/mol. The number of carbonyl (C=O) groups is 1. The van der Waals surface area contributed by atoms with Crippen LogP contribution in [0.25, 0.3) is 5.57 Å². The van der Waals surface area contributed by atoms with Crippen LogP contribution in [0.3, 0.4) is 0 Å². The Balaban J connectivity index is 1.81. The minimum absolute atomic E-state index is 0.166.